The van der Waals surface area contributed by atoms with E-state index in [1.807, 2.05) is 6.92 Å². The molecule has 0 spiro atoms. The number of aromatic carboxylic acids is 1. The zero-order valence-corrected chi connectivity index (χ0v) is 14.9. The van der Waals surface area contributed by atoms with Crippen molar-refractivity contribution < 1.29 is 19.0 Å². The maximum atomic E-state index is 13.3. The first-order valence-electron chi connectivity index (χ1n) is 8.35. The smallest absolute Gasteiger partial charge is 0.353 e. The van der Waals surface area contributed by atoms with Gasteiger partial charge in [-0.2, -0.15) is 5.26 Å². The van der Waals surface area contributed by atoms with Gasteiger partial charge in [-0.3, -0.25) is 0 Å². The van der Waals surface area contributed by atoms with Crippen LogP contribution in [0.1, 0.15) is 28.7 Å². The van der Waals surface area contributed by atoms with Crippen molar-refractivity contribution in [2.24, 2.45) is 7.05 Å². The van der Waals surface area contributed by atoms with Gasteiger partial charge in [-0.05, 0) is 36.2 Å². The normalized spacial score (nSPS) is 10.4. The highest BCUT2D eigenvalue weighted by Gasteiger charge is 2.25. The van der Waals surface area contributed by atoms with Crippen LogP contribution in [0, 0.1) is 17.1 Å². The van der Waals surface area contributed by atoms with Gasteiger partial charge in [0.05, 0.1) is 5.56 Å². The van der Waals surface area contributed by atoms with Crippen LogP contribution in [0.4, 0.5) is 4.39 Å². The molecule has 1 heterocycles. The van der Waals surface area contributed by atoms with Crippen LogP contribution in [-0.2, 0) is 13.5 Å². The van der Waals surface area contributed by atoms with Crippen molar-refractivity contribution in [1.82, 2.24) is 4.57 Å². The average molecular weight is 364 g/mol. The summed E-state index contributed by atoms with van der Waals surface area (Å²) in [7, 11) is 1.65. The van der Waals surface area contributed by atoms with Crippen LogP contribution in [-0.4, -0.2) is 15.6 Å². The average Bonchev–Trinajstić information content (AvgIpc) is 2.94. The number of benzene rings is 2. The van der Waals surface area contributed by atoms with E-state index in [1.165, 1.54) is 12.1 Å². The molecule has 0 amide bonds. The third-order valence-electron chi connectivity index (χ3n) is 4.34. The second-order valence-electron chi connectivity index (χ2n) is 5.96. The van der Waals surface area contributed by atoms with Crippen molar-refractivity contribution in [3.05, 3.63) is 71.3 Å². The monoisotopic (exact) mass is 364 g/mol. The molecular weight excluding hydrogens is 347 g/mol. The van der Waals surface area contributed by atoms with Gasteiger partial charge in [0.25, 0.3) is 0 Å². The summed E-state index contributed by atoms with van der Waals surface area (Å²) in [4.78, 5) is 11.8. The van der Waals surface area contributed by atoms with E-state index in [9.17, 15) is 19.6 Å². The molecule has 2 aromatic carbocycles. The molecule has 6 heteroatoms. The summed E-state index contributed by atoms with van der Waals surface area (Å²) in [5.41, 5.74) is 2.09. The van der Waals surface area contributed by atoms with Crippen LogP contribution in [0.2, 0.25) is 0 Å². The molecule has 0 aliphatic heterocycles. The minimum absolute atomic E-state index is 0.0715. The van der Waals surface area contributed by atoms with Gasteiger partial charge in [0.2, 0.25) is 0 Å². The second kappa shape index (κ2) is 7.34. The number of aromatic nitrogens is 1. The number of carbonyl (C=O) groups is 1. The Kier molecular flexibility index (Phi) is 4.95. The summed E-state index contributed by atoms with van der Waals surface area (Å²) < 4.78 is 20.4. The van der Waals surface area contributed by atoms with Crippen molar-refractivity contribution in [3.8, 4) is 28.7 Å². The van der Waals surface area contributed by atoms with E-state index in [2.05, 4.69) is 6.07 Å². The van der Waals surface area contributed by atoms with Gasteiger partial charge in [-0.15, -0.1) is 0 Å². The molecule has 0 aliphatic carbocycles. The molecule has 136 valence electrons. The van der Waals surface area contributed by atoms with Crippen LogP contribution in [0.3, 0.4) is 0 Å². The number of ether oxygens (including phenoxy) is 1. The van der Waals surface area contributed by atoms with E-state index in [1.54, 1.807) is 48.0 Å². The molecule has 1 N–H and O–H groups in total. The zero-order chi connectivity index (χ0) is 19.6. The molecule has 0 aliphatic rings. The Morgan fingerprint density at radius 2 is 1.93 bits per heavy atom. The van der Waals surface area contributed by atoms with Crippen molar-refractivity contribution in [2.75, 3.05) is 0 Å². The SMILES string of the molecule is CCc1c(C#N)c(-c2ccc(Oc3cccc(F)c3)cc2)c(C(=O)O)n1C. The number of hydrogen-bond donors (Lipinski definition) is 1. The predicted molar refractivity (Wildman–Crippen MR) is 98.4 cm³/mol. The fraction of sp³-hybridized carbons (Fsp3) is 0.143. The fourth-order valence-corrected chi connectivity index (χ4v) is 3.16. The topological polar surface area (TPSA) is 75.2 Å². The molecule has 3 rings (SSSR count). The van der Waals surface area contributed by atoms with Crippen LogP contribution in [0.5, 0.6) is 11.5 Å². The molecule has 0 bridgehead atoms. The van der Waals surface area contributed by atoms with Gasteiger partial charge < -0.3 is 14.4 Å². The largest absolute Gasteiger partial charge is 0.477 e. The van der Waals surface area contributed by atoms with E-state index in [0.29, 0.717) is 40.3 Å². The molecular formula is C21H17FN2O3. The molecule has 27 heavy (non-hydrogen) atoms. The molecule has 0 atom stereocenters. The number of carboxylic acids is 1. The number of nitriles is 1. The molecule has 0 saturated carbocycles. The van der Waals surface area contributed by atoms with E-state index < -0.39 is 11.8 Å². The number of hydrogen-bond acceptors (Lipinski definition) is 3. The highest BCUT2D eigenvalue weighted by molar-refractivity contribution is 5.97. The van der Waals surface area contributed by atoms with Gasteiger partial charge in [-0.1, -0.05) is 25.1 Å². The van der Waals surface area contributed by atoms with E-state index in [4.69, 9.17) is 4.74 Å². The van der Waals surface area contributed by atoms with Crippen molar-refractivity contribution in [1.29, 1.82) is 5.26 Å². The van der Waals surface area contributed by atoms with Crippen molar-refractivity contribution in [2.45, 2.75) is 13.3 Å². The predicted octanol–water partition coefficient (Wildman–Crippen LogP) is 4.76. The van der Waals surface area contributed by atoms with E-state index >= 15 is 0 Å². The third-order valence-corrected chi connectivity index (χ3v) is 4.34. The lowest BCUT2D eigenvalue weighted by Crippen LogP contribution is -2.07. The zero-order valence-electron chi connectivity index (χ0n) is 14.9. The Labute approximate surface area is 155 Å². The van der Waals surface area contributed by atoms with Gasteiger partial charge >= 0.3 is 5.97 Å². The summed E-state index contributed by atoms with van der Waals surface area (Å²) in [6.07, 6.45) is 0.542. The molecule has 0 unspecified atom stereocenters. The molecule has 0 fully saturated rings. The summed E-state index contributed by atoms with van der Waals surface area (Å²) in [5, 5.41) is 19.2. The van der Waals surface area contributed by atoms with Gasteiger partial charge in [0.1, 0.15) is 29.1 Å². The highest BCUT2D eigenvalue weighted by atomic mass is 19.1. The summed E-state index contributed by atoms with van der Waals surface area (Å²) >= 11 is 0. The van der Waals surface area contributed by atoms with Crippen molar-refractivity contribution in [3.63, 3.8) is 0 Å². The molecule has 5 nitrogen and oxygen atoms in total. The summed E-state index contributed by atoms with van der Waals surface area (Å²) in [5.74, 6) is -0.653. The second-order valence-corrected chi connectivity index (χ2v) is 5.96. The maximum absolute atomic E-state index is 13.3. The van der Waals surface area contributed by atoms with Crippen LogP contribution >= 0.6 is 0 Å². The van der Waals surface area contributed by atoms with Crippen LogP contribution < -0.4 is 4.74 Å². The minimum atomic E-state index is -1.09. The summed E-state index contributed by atoms with van der Waals surface area (Å²) in [6.45, 7) is 1.88. The minimum Gasteiger partial charge on any atom is -0.477 e. The Morgan fingerprint density at radius 3 is 2.48 bits per heavy atom. The Hall–Kier alpha value is -3.59. The van der Waals surface area contributed by atoms with Gasteiger partial charge in [0.15, 0.2) is 0 Å². The lowest BCUT2D eigenvalue weighted by atomic mass is 10.00. The molecule has 3 aromatic rings. The number of carboxylic acid groups (broad SMARTS) is 1. The van der Waals surface area contributed by atoms with E-state index in [0.717, 1.165) is 0 Å². The van der Waals surface area contributed by atoms with Gasteiger partial charge in [0, 0.05) is 24.4 Å². The Morgan fingerprint density at radius 1 is 1.22 bits per heavy atom. The van der Waals surface area contributed by atoms with E-state index in [-0.39, 0.29) is 5.69 Å². The molecule has 0 saturated heterocycles. The maximum Gasteiger partial charge on any atom is 0.353 e. The van der Waals surface area contributed by atoms with Crippen LogP contribution in [0.25, 0.3) is 11.1 Å². The number of nitrogens with zero attached hydrogens (tertiary/aromatic N) is 2. The number of halogens is 1. The lowest BCUT2D eigenvalue weighted by molar-refractivity contribution is 0.0687. The third kappa shape index (κ3) is 3.40. The summed E-state index contributed by atoms with van der Waals surface area (Å²) in [6, 6.07) is 14.6. The fourth-order valence-electron chi connectivity index (χ4n) is 3.16. The van der Waals surface area contributed by atoms with Gasteiger partial charge in [-0.25, -0.2) is 9.18 Å². The molecule has 0 radical (unpaired) electrons. The standard InChI is InChI=1S/C21H17FN2O3/c1-3-18-17(12-23)19(20(21(25)26)24(18)2)13-7-9-15(10-8-13)27-16-6-4-5-14(22)11-16/h4-11H,3H2,1-2H3,(H,25,26). The Balaban J connectivity index is 2.03. The molecule has 1 aromatic heterocycles. The highest BCUT2D eigenvalue weighted by Crippen LogP contribution is 2.34. The number of rotatable bonds is 5. The van der Waals surface area contributed by atoms with Crippen LogP contribution in [0.15, 0.2) is 48.5 Å². The first kappa shape index (κ1) is 18.2. The lowest BCUT2D eigenvalue weighted by Gasteiger charge is -2.08. The Bertz CT molecular complexity index is 1050. The first-order valence-corrected chi connectivity index (χ1v) is 8.35. The first-order chi connectivity index (χ1) is 13.0. The van der Waals surface area contributed by atoms with Crippen molar-refractivity contribution >= 4 is 5.97 Å². The quantitative estimate of drug-likeness (QED) is 0.708.